The van der Waals surface area contributed by atoms with Gasteiger partial charge in [0.2, 0.25) is 0 Å². The van der Waals surface area contributed by atoms with E-state index >= 15 is 0 Å². The number of allylic oxidation sites excluding steroid dienone is 2. The molecule has 14 heavy (non-hydrogen) atoms. The number of hydrogen-bond donors (Lipinski definition) is 0. The fourth-order valence-corrected chi connectivity index (χ4v) is 1.89. The molecule has 2 nitrogen and oxygen atoms in total. The van der Waals surface area contributed by atoms with Crippen LogP contribution < -0.4 is 0 Å². The maximum absolute atomic E-state index is 10.9. The first-order valence-electron chi connectivity index (χ1n) is 5.63. The van der Waals surface area contributed by atoms with E-state index in [9.17, 15) is 4.79 Å². The summed E-state index contributed by atoms with van der Waals surface area (Å²) in [5, 5.41) is 0. The second-order valence-corrected chi connectivity index (χ2v) is 3.93. The van der Waals surface area contributed by atoms with Gasteiger partial charge in [-0.3, -0.25) is 4.79 Å². The maximum atomic E-state index is 10.9. The minimum absolute atomic E-state index is 0.170. The first-order chi connectivity index (χ1) is 6.74. The molecule has 0 aromatic carbocycles. The highest BCUT2D eigenvalue weighted by Gasteiger charge is 2.14. The minimum atomic E-state index is -0.170. The first-order valence-corrected chi connectivity index (χ1v) is 5.63. The molecule has 1 aliphatic rings. The molecule has 0 aliphatic heterocycles. The molecule has 0 heterocycles. The molecule has 0 saturated carbocycles. The molecular formula is C12H20O2. The Morgan fingerprint density at radius 3 is 2.71 bits per heavy atom. The van der Waals surface area contributed by atoms with E-state index in [1.54, 1.807) is 0 Å². The van der Waals surface area contributed by atoms with Crippen molar-refractivity contribution in [3.63, 3.8) is 0 Å². The Kier molecular flexibility index (Phi) is 4.71. The van der Waals surface area contributed by atoms with E-state index in [1.807, 2.05) is 0 Å². The maximum Gasteiger partial charge on any atom is 0.307 e. The van der Waals surface area contributed by atoms with Gasteiger partial charge in [0.15, 0.2) is 0 Å². The molecule has 0 aromatic rings. The van der Waals surface area contributed by atoms with Crippen LogP contribution in [0.15, 0.2) is 11.3 Å². The average Bonchev–Trinajstić information content (AvgIpc) is 2.16. The number of esters is 1. The molecule has 0 unspecified atom stereocenters. The number of ether oxygens (including phenoxy) is 1. The van der Waals surface area contributed by atoms with Crippen molar-refractivity contribution in [3.05, 3.63) is 11.3 Å². The van der Waals surface area contributed by atoms with Gasteiger partial charge in [0, 0.05) is 13.3 Å². The van der Waals surface area contributed by atoms with Crippen molar-refractivity contribution in [2.75, 3.05) is 0 Å². The molecule has 0 fully saturated rings. The summed E-state index contributed by atoms with van der Waals surface area (Å²) in [4.78, 5) is 10.9. The Hall–Kier alpha value is -0.790. The van der Waals surface area contributed by atoms with E-state index in [-0.39, 0.29) is 5.97 Å². The van der Waals surface area contributed by atoms with Gasteiger partial charge in [0.25, 0.3) is 0 Å². The summed E-state index contributed by atoms with van der Waals surface area (Å²) in [6.45, 7) is 3.67. The topological polar surface area (TPSA) is 26.3 Å². The van der Waals surface area contributed by atoms with Crippen LogP contribution >= 0.6 is 0 Å². The number of rotatable bonds is 4. The van der Waals surface area contributed by atoms with Gasteiger partial charge < -0.3 is 4.74 Å². The Balaban J connectivity index is 2.59. The van der Waals surface area contributed by atoms with Crippen molar-refractivity contribution >= 4 is 5.97 Å². The average molecular weight is 196 g/mol. The van der Waals surface area contributed by atoms with Crippen LogP contribution in [0.2, 0.25) is 0 Å². The van der Waals surface area contributed by atoms with Gasteiger partial charge in [0.1, 0.15) is 5.76 Å². The Bertz CT molecular complexity index is 228. The molecule has 0 bridgehead atoms. The highest BCUT2D eigenvalue weighted by atomic mass is 16.5. The largest absolute Gasteiger partial charge is 0.431 e. The summed E-state index contributed by atoms with van der Waals surface area (Å²) in [5.41, 5.74) is 1.38. The Morgan fingerprint density at radius 2 is 2.07 bits per heavy atom. The molecule has 0 atom stereocenters. The van der Waals surface area contributed by atoms with Crippen molar-refractivity contribution in [1.82, 2.24) is 0 Å². The summed E-state index contributed by atoms with van der Waals surface area (Å²) in [6, 6.07) is 0. The van der Waals surface area contributed by atoms with Crippen LogP contribution in [0.1, 0.15) is 58.8 Å². The van der Waals surface area contributed by atoms with E-state index in [2.05, 4.69) is 6.92 Å². The van der Waals surface area contributed by atoms with Crippen LogP contribution in [0.3, 0.4) is 0 Å². The predicted octanol–water partition coefficient (Wildman–Crippen LogP) is 3.57. The Morgan fingerprint density at radius 1 is 1.36 bits per heavy atom. The standard InChI is InChI=1S/C12H20O2/c1-3-4-7-11-8-5-6-9-12(11)14-10(2)13/h3-9H2,1-2H3. The van der Waals surface area contributed by atoms with E-state index in [1.165, 1.54) is 31.8 Å². The third-order valence-electron chi connectivity index (χ3n) is 2.63. The van der Waals surface area contributed by atoms with Crippen LogP contribution in [0.25, 0.3) is 0 Å². The lowest BCUT2D eigenvalue weighted by atomic mass is 9.94. The summed E-state index contributed by atoms with van der Waals surface area (Å²) in [7, 11) is 0. The summed E-state index contributed by atoms with van der Waals surface area (Å²) >= 11 is 0. The quantitative estimate of drug-likeness (QED) is 0.642. The SMILES string of the molecule is CCCCC1=C(OC(C)=O)CCCC1. The number of carbonyl (C=O) groups excluding carboxylic acids is 1. The van der Waals surface area contributed by atoms with Crippen LogP contribution in [-0.2, 0) is 9.53 Å². The second kappa shape index (κ2) is 5.84. The summed E-state index contributed by atoms with van der Waals surface area (Å²) in [5.74, 6) is 0.799. The molecular weight excluding hydrogens is 176 g/mol. The van der Waals surface area contributed by atoms with E-state index in [0.29, 0.717) is 0 Å². The van der Waals surface area contributed by atoms with Gasteiger partial charge in [-0.2, -0.15) is 0 Å². The van der Waals surface area contributed by atoms with Crippen molar-refractivity contribution in [2.45, 2.75) is 58.8 Å². The van der Waals surface area contributed by atoms with Crippen molar-refractivity contribution in [3.8, 4) is 0 Å². The van der Waals surface area contributed by atoms with E-state index < -0.39 is 0 Å². The molecule has 0 radical (unpaired) electrons. The third-order valence-corrected chi connectivity index (χ3v) is 2.63. The van der Waals surface area contributed by atoms with Crippen molar-refractivity contribution < 1.29 is 9.53 Å². The highest BCUT2D eigenvalue weighted by molar-refractivity contribution is 5.67. The summed E-state index contributed by atoms with van der Waals surface area (Å²) < 4.78 is 5.24. The first kappa shape index (κ1) is 11.3. The van der Waals surface area contributed by atoms with Gasteiger partial charge in [-0.05, 0) is 37.7 Å². The molecule has 1 aliphatic carbocycles. The monoisotopic (exact) mass is 196 g/mol. The van der Waals surface area contributed by atoms with E-state index in [4.69, 9.17) is 4.74 Å². The molecule has 0 saturated heterocycles. The predicted molar refractivity (Wildman–Crippen MR) is 56.8 cm³/mol. The van der Waals surface area contributed by atoms with Crippen LogP contribution in [0.5, 0.6) is 0 Å². The van der Waals surface area contributed by atoms with Crippen molar-refractivity contribution in [2.24, 2.45) is 0 Å². The fourth-order valence-electron chi connectivity index (χ4n) is 1.89. The molecule has 80 valence electrons. The van der Waals surface area contributed by atoms with Gasteiger partial charge >= 0.3 is 5.97 Å². The third kappa shape index (κ3) is 3.52. The zero-order chi connectivity index (χ0) is 10.4. The minimum Gasteiger partial charge on any atom is -0.431 e. The van der Waals surface area contributed by atoms with Gasteiger partial charge in [0.05, 0.1) is 0 Å². The molecule has 0 spiro atoms. The lowest BCUT2D eigenvalue weighted by Gasteiger charge is -2.19. The second-order valence-electron chi connectivity index (χ2n) is 3.93. The van der Waals surface area contributed by atoms with Crippen LogP contribution in [-0.4, -0.2) is 5.97 Å². The number of hydrogen-bond acceptors (Lipinski definition) is 2. The zero-order valence-corrected chi connectivity index (χ0v) is 9.27. The van der Waals surface area contributed by atoms with Crippen LogP contribution in [0.4, 0.5) is 0 Å². The fraction of sp³-hybridized carbons (Fsp3) is 0.750. The zero-order valence-electron chi connectivity index (χ0n) is 9.27. The molecule has 0 amide bonds. The number of unbranched alkanes of at least 4 members (excludes halogenated alkanes) is 1. The molecule has 1 rings (SSSR count). The highest BCUT2D eigenvalue weighted by Crippen LogP contribution is 2.28. The summed E-state index contributed by atoms with van der Waals surface area (Å²) in [6.07, 6.45) is 8.03. The Labute approximate surface area is 86.3 Å². The molecule has 2 heteroatoms. The smallest absolute Gasteiger partial charge is 0.307 e. The molecule has 0 N–H and O–H groups in total. The van der Waals surface area contributed by atoms with Gasteiger partial charge in [-0.25, -0.2) is 0 Å². The van der Waals surface area contributed by atoms with E-state index in [0.717, 1.165) is 31.4 Å². The lowest BCUT2D eigenvalue weighted by Crippen LogP contribution is -2.07. The van der Waals surface area contributed by atoms with Crippen LogP contribution in [0, 0.1) is 0 Å². The van der Waals surface area contributed by atoms with Gasteiger partial charge in [-0.1, -0.05) is 13.3 Å². The van der Waals surface area contributed by atoms with Gasteiger partial charge in [-0.15, -0.1) is 0 Å². The molecule has 0 aromatic heterocycles. The normalized spacial score (nSPS) is 17.0. The lowest BCUT2D eigenvalue weighted by molar-refractivity contribution is -0.137. The number of carbonyl (C=O) groups is 1. The van der Waals surface area contributed by atoms with Crippen molar-refractivity contribution in [1.29, 1.82) is 0 Å².